The molecule has 0 spiro atoms. The Bertz CT molecular complexity index is 768. The van der Waals surface area contributed by atoms with E-state index < -0.39 is 10.0 Å². The molecule has 8 nitrogen and oxygen atoms in total. The lowest BCUT2D eigenvalue weighted by atomic mass is 10.3. The number of hydrogen-bond acceptors (Lipinski definition) is 7. The van der Waals surface area contributed by atoms with Crippen molar-refractivity contribution in [2.24, 2.45) is 0 Å². The van der Waals surface area contributed by atoms with E-state index in [9.17, 15) is 8.42 Å². The van der Waals surface area contributed by atoms with E-state index in [1.165, 1.54) is 30.3 Å². The van der Waals surface area contributed by atoms with Crippen LogP contribution < -0.4 is 19.9 Å². The average Bonchev–Trinajstić information content (AvgIpc) is 2.58. The fourth-order valence-electron chi connectivity index (χ4n) is 1.84. The van der Waals surface area contributed by atoms with E-state index in [1.54, 1.807) is 0 Å². The molecule has 0 aliphatic rings. The highest BCUT2D eigenvalue weighted by molar-refractivity contribution is 7.92. The summed E-state index contributed by atoms with van der Waals surface area (Å²) in [5, 5.41) is 0. The van der Waals surface area contributed by atoms with E-state index in [4.69, 9.17) is 15.2 Å². The lowest BCUT2D eigenvalue weighted by Crippen LogP contribution is -2.16. The van der Waals surface area contributed by atoms with Crippen molar-refractivity contribution in [3.63, 3.8) is 0 Å². The van der Waals surface area contributed by atoms with E-state index in [2.05, 4.69) is 14.7 Å². The Balaban J connectivity index is 2.27. The number of nitrogens with one attached hydrogen (secondary N) is 1. The molecule has 0 fully saturated rings. The quantitative estimate of drug-likeness (QED) is 0.655. The van der Waals surface area contributed by atoms with Gasteiger partial charge in [0.2, 0.25) is 17.7 Å². The van der Waals surface area contributed by atoms with Crippen LogP contribution in [-0.2, 0) is 10.0 Å². The van der Waals surface area contributed by atoms with Gasteiger partial charge in [-0.2, -0.15) is 9.97 Å². The largest absolute Gasteiger partial charge is 0.477 e. The van der Waals surface area contributed by atoms with Crippen LogP contribution in [0.5, 0.6) is 11.8 Å². The molecule has 0 saturated carbocycles. The van der Waals surface area contributed by atoms with Gasteiger partial charge in [0.25, 0.3) is 10.0 Å². The van der Waals surface area contributed by atoms with Gasteiger partial charge in [-0.3, -0.25) is 0 Å². The molecule has 0 saturated heterocycles. The molecular formula is C16H22N4O4S. The predicted octanol–water partition coefficient (Wildman–Crippen LogP) is 2.44. The Labute approximate surface area is 147 Å². The van der Waals surface area contributed by atoms with Crippen molar-refractivity contribution in [1.82, 2.24) is 9.97 Å². The Morgan fingerprint density at radius 3 is 2.00 bits per heavy atom. The SMILES string of the molecule is CCCOc1cc(OCCC)nc(NS(=O)(=O)c2ccc(N)cc2)n1. The number of nitrogen functional groups attached to an aromatic ring is 1. The lowest BCUT2D eigenvalue weighted by Gasteiger charge is -2.11. The summed E-state index contributed by atoms with van der Waals surface area (Å²) in [6.45, 7) is 4.82. The van der Waals surface area contributed by atoms with E-state index in [-0.39, 0.29) is 22.6 Å². The summed E-state index contributed by atoms with van der Waals surface area (Å²) in [6, 6.07) is 7.36. The highest BCUT2D eigenvalue weighted by atomic mass is 32.2. The highest BCUT2D eigenvalue weighted by Crippen LogP contribution is 2.21. The number of nitrogens with two attached hydrogens (primary N) is 1. The Morgan fingerprint density at radius 1 is 1.00 bits per heavy atom. The summed E-state index contributed by atoms with van der Waals surface area (Å²) >= 11 is 0. The minimum Gasteiger partial charge on any atom is -0.477 e. The van der Waals surface area contributed by atoms with Crippen LogP contribution in [0.3, 0.4) is 0 Å². The second-order valence-electron chi connectivity index (χ2n) is 5.24. The molecule has 0 aliphatic carbocycles. The number of nitrogens with zero attached hydrogens (tertiary/aromatic N) is 2. The van der Waals surface area contributed by atoms with Gasteiger partial charge in [-0.25, -0.2) is 13.1 Å². The van der Waals surface area contributed by atoms with Crippen molar-refractivity contribution in [1.29, 1.82) is 0 Å². The number of anilines is 2. The third kappa shape index (κ3) is 5.49. The first-order valence-electron chi connectivity index (χ1n) is 7.97. The van der Waals surface area contributed by atoms with Crippen LogP contribution in [0.2, 0.25) is 0 Å². The maximum atomic E-state index is 12.5. The first-order valence-corrected chi connectivity index (χ1v) is 9.46. The number of rotatable bonds is 9. The molecule has 25 heavy (non-hydrogen) atoms. The van der Waals surface area contributed by atoms with Gasteiger partial charge in [-0.05, 0) is 37.1 Å². The number of benzene rings is 1. The molecule has 0 aliphatic heterocycles. The summed E-state index contributed by atoms with van der Waals surface area (Å²) in [5.74, 6) is 0.382. The van der Waals surface area contributed by atoms with Crippen LogP contribution in [0.15, 0.2) is 35.2 Å². The molecule has 0 atom stereocenters. The fraction of sp³-hybridized carbons (Fsp3) is 0.375. The zero-order valence-electron chi connectivity index (χ0n) is 14.2. The zero-order chi connectivity index (χ0) is 18.3. The van der Waals surface area contributed by atoms with Crippen LogP contribution in [0.1, 0.15) is 26.7 Å². The lowest BCUT2D eigenvalue weighted by molar-refractivity contribution is 0.286. The number of aromatic nitrogens is 2. The number of ether oxygens (including phenoxy) is 2. The van der Waals surface area contributed by atoms with Crippen molar-refractivity contribution in [2.45, 2.75) is 31.6 Å². The summed E-state index contributed by atoms with van der Waals surface area (Å²) in [5.41, 5.74) is 6.05. The molecule has 0 amide bonds. The molecule has 0 bridgehead atoms. The standard InChI is InChI=1S/C16H22N4O4S/c1-3-9-23-14-11-15(24-10-4-2)19-16(18-14)20-25(21,22)13-7-5-12(17)6-8-13/h5-8,11H,3-4,9-10,17H2,1-2H3,(H,18,19,20). The van der Waals surface area contributed by atoms with E-state index in [1.807, 2.05) is 13.8 Å². The molecule has 2 rings (SSSR count). The Kier molecular flexibility index (Phi) is 6.40. The normalized spacial score (nSPS) is 11.1. The monoisotopic (exact) mass is 366 g/mol. The van der Waals surface area contributed by atoms with Crippen molar-refractivity contribution in [3.8, 4) is 11.8 Å². The molecule has 0 radical (unpaired) electrons. The maximum absolute atomic E-state index is 12.5. The molecule has 0 unspecified atom stereocenters. The minimum absolute atomic E-state index is 0.0567. The predicted molar refractivity (Wildman–Crippen MR) is 95.3 cm³/mol. The molecule has 1 aromatic carbocycles. The fourth-order valence-corrected chi connectivity index (χ4v) is 2.78. The van der Waals surface area contributed by atoms with Gasteiger partial charge < -0.3 is 15.2 Å². The molecule has 1 aromatic heterocycles. The Hall–Kier alpha value is -2.55. The third-order valence-corrected chi connectivity index (χ3v) is 4.35. The van der Waals surface area contributed by atoms with Gasteiger partial charge in [0, 0.05) is 5.69 Å². The maximum Gasteiger partial charge on any atom is 0.264 e. The van der Waals surface area contributed by atoms with Crippen LogP contribution in [0, 0.1) is 0 Å². The number of hydrogen-bond donors (Lipinski definition) is 2. The molecular weight excluding hydrogens is 344 g/mol. The average molecular weight is 366 g/mol. The topological polar surface area (TPSA) is 116 Å². The van der Waals surface area contributed by atoms with Gasteiger partial charge in [0.1, 0.15) is 0 Å². The van der Waals surface area contributed by atoms with Crippen LogP contribution in [-0.4, -0.2) is 31.6 Å². The first kappa shape index (κ1) is 18.8. The van der Waals surface area contributed by atoms with Gasteiger partial charge in [0.15, 0.2) is 0 Å². The first-order chi connectivity index (χ1) is 11.9. The molecule has 9 heteroatoms. The van der Waals surface area contributed by atoms with Gasteiger partial charge in [-0.1, -0.05) is 13.8 Å². The molecule has 2 aromatic rings. The van der Waals surface area contributed by atoms with Crippen LogP contribution in [0.25, 0.3) is 0 Å². The second-order valence-corrected chi connectivity index (χ2v) is 6.92. The summed E-state index contributed by atoms with van der Waals surface area (Å²) in [4.78, 5) is 8.21. The zero-order valence-corrected chi connectivity index (χ0v) is 15.0. The van der Waals surface area contributed by atoms with Crippen molar-refractivity contribution in [3.05, 3.63) is 30.3 Å². The second kappa shape index (κ2) is 8.52. The smallest absolute Gasteiger partial charge is 0.264 e. The minimum atomic E-state index is -3.85. The highest BCUT2D eigenvalue weighted by Gasteiger charge is 2.17. The van der Waals surface area contributed by atoms with Gasteiger partial charge in [-0.15, -0.1) is 0 Å². The molecule has 136 valence electrons. The van der Waals surface area contributed by atoms with Crippen molar-refractivity contribution in [2.75, 3.05) is 23.7 Å². The Morgan fingerprint density at radius 2 is 1.52 bits per heavy atom. The van der Waals surface area contributed by atoms with Crippen molar-refractivity contribution >= 4 is 21.7 Å². The van der Waals surface area contributed by atoms with Gasteiger partial charge in [0.05, 0.1) is 24.2 Å². The van der Waals surface area contributed by atoms with Gasteiger partial charge >= 0.3 is 0 Å². The van der Waals surface area contributed by atoms with E-state index >= 15 is 0 Å². The summed E-state index contributed by atoms with van der Waals surface area (Å²) in [6.07, 6.45) is 1.59. The summed E-state index contributed by atoms with van der Waals surface area (Å²) in [7, 11) is -3.85. The van der Waals surface area contributed by atoms with Crippen molar-refractivity contribution < 1.29 is 17.9 Å². The van der Waals surface area contributed by atoms with Crippen LogP contribution in [0.4, 0.5) is 11.6 Å². The number of sulfonamides is 1. The van der Waals surface area contributed by atoms with E-state index in [0.29, 0.717) is 18.9 Å². The van der Waals surface area contributed by atoms with Crippen LogP contribution >= 0.6 is 0 Å². The van der Waals surface area contributed by atoms with E-state index in [0.717, 1.165) is 12.8 Å². The molecule has 3 N–H and O–H groups in total. The molecule has 1 heterocycles. The summed E-state index contributed by atoms with van der Waals surface area (Å²) < 4.78 is 38.2. The third-order valence-electron chi connectivity index (χ3n) is 3.00.